The van der Waals surface area contributed by atoms with E-state index in [1.54, 1.807) is 18.2 Å². The Morgan fingerprint density at radius 2 is 2.25 bits per heavy atom. The fraction of sp³-hybridized carbons (Fsp3) is 0.364. The van der Waals surface area contributed by atoms with E-state index in [9.17, 15) is 5.11 Å². The Hall–Kier alpha value is -1.77. The summed E-state index contributed by atoms with van der Waals surface area (Å²) in [4.78, 5) is 0. The fourth-order valence-corrected chi connectivity index (χ4v) is 1.11. The number of hydrogen-bond donors (Lipinski definition) is 4. The van der Waals surface area contributed by atoms with E-state index in [4.69, 9.17) is 16.1 Å². The van der Waals surface area contributed by atoms with Crippen LogP contribution in [0.1, 0.15) is 12.5 Å². The van der Waals surface area contributed by atoms with Crippen molar-refractivity contribution in [3.8, 4) is 6.07 Å². The van der Waals surface area contributed by atoms with Gasteiger partial charge in [-0.2, -0.15) is 5.26 Å². The number of nitrogens with zero attached hydrogens (tertiary/aromatic N) is 1. The van der Waals surface area contributed by atoms with Crippen LogP contribution in [-0.2, 0) is 0 Å². The summed E-state index contributed by atoms with van der Waals surface area (Å²) >= 11 is 0. The number of aliphatic hydroxyl groups excluding tert-OH is 1. The van der Waals surface area contributed by atoms with Gasteiger partial charge in [0.25, 0.3) is 0 Å². The number of rotatable bonds is 4. The smallest absolute Gasteiger partial charge is 0.102 e. The number of nitrogens with two attached hydrogens (primary N) is 1. The van der Waals surface area contributed by atoms with Crippen LogP contribution in [0.5, 0.6) is 0 Å². The van der Waals surface area contributed by atoms with Gasteiger partial charge in [-0.3, -0.25) is 0 Å². The number of nitrogen functional groups attached to an aromatic ring is 1. The summed E-state index contributed by atoms with van der Waals surface area (Å²) < 4.78 is 0. The molecule has 0 aromatic heterocycles. The Bertz CT molecular complexity index is 410. The van der Waals surface area contributed by atoms with Crippen molar-refractivity contribution in [1.82, 2.24) is 0 Å². The molecule has 1 atom stereocenters. The number of nitrogens with one attached hydrogen (secondary N) is 1. The van der Waals surface area contributed by atoms with Crippen LogP contribution in [0.15, 0.2) is 18.2 Å². The highest BCUT2D eigenvalue weighted by Crippen LogP contribution is 2.17. The van der Waals surface area contributed by atoms with Gasteiger partial charge in [0.15, 0.2) is 0 Å². The van der Waals surface area contributed by atoms with E-state index in [1.807, 2.05) is 6.07 Å². The van der Waals surface area contributed by atoms with Crippen LogP contribution in [-0.4, -0.2) is 29.0 Å². The maximum Gasteiger partial charge on any atom is 0.102 e. The van der Waals surface area contributed by atoms with Gasteiger partial charge < -0.3 is 21.3 Å². The molecule has 0 aliphatic carbocycles. The maximum absolute atomic E-state index is 9.56. The molecule has 0 aliphatic rings. The van der Waals surface area contributed by atoms with Crippen LogP contribution in [0.4, 0.5) is 11.4 Å². The van der Waals surface area contributed by atoms with Crippen molar-refractivity contribution in [2.24, 2.45) is 0 Å². The zero-order valence-corrected chi connectivity index (χ0v) is 9.07. The zero-order chi connectivity index (χ0) is 12.2. The van der Waals surface area contributed by atoms with Crippen molar-refractivity contribution in [2.45, 2.75) is 12.5 Å². The summed E-state index contributed by atoms with van der Waals surface area (Å²) in [7, 11) is 0. The number of nitriles is 1. The molecule has 0 bridgehead atoms. The molecule has 0 aliphatic heterocycles. The summed E-state index contributed by atoms with van der Waals surface area (Å²) in [5.41, 5.74) is 5.86. The van der Waals surface area contributed by atoms with Crippen molar-refractivity contribution in [3.05, 3.63) is 23.8 Å². The molecular formula is C11H15N3O2. The van der Waals surface area contributed by atoms with E-state index in [2.05, 4.69) is 5.32 Å². The van der Waals surface area contributed by atoms with Crippen LogP contribution in [0.3, 0.4) is 0 Å². The maximum atomic E-state index is 9.56. The predicted molar refractivity (Wildman–Crippen MR) is 61.8 cm³/mol. The quantitative estimate of drug-likeness (QED) is 0.547. The first-order valence-corrected chi connectivity index (χ1v) is 4.85. The second-order valence-corrected chi connectivity index (χ2v) is 3.92. The summed E-state index contributed by atoms with van der Waals surface area (Å²) in [5.74, 6) is 0. The molecule has 16 heavy (non-hydrogen) atoms. The standard InChI is InChI=1S/C11H15N3O2/c1-11(16,7-15)6-14-9-2-3-10(13)8(4-9)5-12/h2-4,14-16H,6-7,13H2,1H3. The third-order valence-electron chi connectivity index (χ3n) is 2.19. The van der Waals surface area contributed by atoms with Gasteiger partial charge in [-0.25, -0.2) is 0 Å². The molecule has 1 rings (SSSR count). The van der Waals surface area contributed by atoms with Gasteiger partial charge in [0, 0.05) is 17.9 Å². The molecule has 1 aromatic carbocycles. The molecule has 5 N–H and O–H groups in total. The van der Waals surface area contributed by atoms with E-state index < -0.39 is 5.60 Å². The van der Waals surface area contributed by atoms with Gasteiger partial charge in [-0.1, -0.05) is 0 Å². The highest BCUT2D eigenvalue weighted by atomic mass is 16.3. The average molecular weight is 221 g/mol. The van der Waals surface area contributed by atoms with Gasteiger partial charge in [-0.05, 0) is 25.1 Å². The lowest BCUT2D eigenvalue weighted by molar-refractivity contribution is 0.0132. The minimum Gasteiger partial charge on any atom is -0.398 e. The Morgan fingerprint density at radius 3 is 2.81 bits per heavy atom. The van der Waals surface area contributed by atoms with Crippen LogP contribution >= 0.6 is 0 Å². The van der Waals surface area contributed by atoms with Gasteiger partial charge >= 0.3 is 0 Å². The second-order valence-electron chi connectivity index (χ2n) is 3.92. The first-order valence-electron chi connectivity index (χ1n) is 4.85. The molecule has 0 saturated heterocycles. The van der Waals surface area contributed by atoms with Crippen LogP contribution in [0.2, 0.25) is 0 Å². The van der Waals surface area contributed by atoms with Crippen molar-refractivity contribution in [1.29, 1.82) is 5.26 Å². The van der Waals surface area contributed by atoms with E-state index in [-0.39, 0.29) is 13.2 Å². The normalized spacial score (nSPS) is 13.9. The minimum absolute atomic E-state index is 0.193. The SMILES string of the molecule is CC(O)(CO)CNc1ccc(N)c(C#N)c1. The Morgan fingerprint density at radius 1 is 1.56 bits per heavy atom. The number of aliphatic hydroxyl groups is 2. The Labute approximate surface area is 94.1 Å². The molecule has 0 amide bonds. The van der Waals surface area contributed by atoms with Crippen LogP contribution in [0.25, 0.3) is 0 Å². The first-order chi connectivity index (χ1) is 7.48. The van der Waals surface area contributed by atoms with E-state index >= 15 is 0 Å². The second kappa shape index (κ2) is 4.84. The largest absolute Gasteiger partial charge is 0.398 e. The molecule has 0 radical (unpaired) electrons. The first kappa shape index (κ1) is 12.3. The lowest BCUT2D eigenvalue weighted by Gasteiger charge is -2.21. The predicted octanol–water partition coefficient (Wildman–Crippen LogP) is 0.296. The van der Waals surface area contributed by atoms with Gasteiger partial charge in [-0.15, -0.1) is 0 Å². The van der Waals surface area contributed by atoms with E-state index in [1.165, 1.54) is 6.92 Å². The summed E-state index contributed by atoms with van der Waals surface area (Å²) in [6.45, 7) is 1.38. The van der Waals surface area contributed by atoms with Gasteiger partial charge in [0.05, 0.1) is 12.2 Å². The van der Waals surface area contributed by atoms with E-state index in [0.717, 1.165) is 0 Å². The highest BCUT2D eigenvalue weighted by molar-refractivity contribution is 5.61. The Balaban J connectivity index is 2.73. The average Bonchev–Trinajstić information content (AvgIpc) is 2.28. The molecule has 0 heterocycles. The molecular weight excluding hydrogens is 206 g/mol. The summed E-state index contributed by atoms with van der Waals surface area (Å²) in [5, 5.41) is 30.1. The topological polar surface area (TPSA) is 102 Å². The molecule has 0 saturated carbocycles. The summed E-state index contributed by atoms with van der Waals surface area (Å²) in [6.07, 6.45) is 0. The van der Waals surface area contributed by atoms with Crippen LogP contribution in [0, 0.1) is 11.3 Å². The van der Waals surface area contributed by atoms with Crippen molar-refractivity contribution in [2.75, 3.05) is 24.2 Å². The monoisotopic (exact) mass is 221 g/mol. The Kier molecular flexibility index (Phi) is 3.72. The van der Waals surface area contributed by atoms with Gasteiger partial charge in [0.1, 0.15) is 11.7 Å². The van der Waals surface area contributed by atoms with Gasteiger partial charge in [0.2, 0.25) is 0 Å². The zero-order valence-electron chi connectivity index (χ0n) is 9.07. The molecule has 0 spiro atoms. The molecule has 0 fully saturated rings. The third kappa shape index (κ3) is 3.12. The minimum atomic E-state index is -1.19. The molecule has 1 unspecified atom stereocenters. The number of anilines is 2. The number of benzene rings is 1. The van der Waals surface area contributed by atoms with E-state index in [0.29, 0.717) is 16.9 Å². The van der Waals surface area contributed by atoms with Crippen molar-refractivity contribution in [3.63, 3.8) is 0 Å². The molecule has 5 nitrogen and oxygen atoms in total. The highest BCUT2D eigenvalue weighted by Gasteiger charge is 2.18. The third-order valence-corrected chi connectivity index (χ3v) is 2.19. The lowest BCUT2D eigenvalue weighted by atomic mass is 10.1. The van der Waals surface area contributed by atoms with Crippen molar-refractivity contribution < 1.29 is 10.2 Å². The van der Waals surface area contributed by atoms with Crippen LogP contribution < -0.4 is 11.1 Å². The lowest BCUT2D eigenvalue weighted by Crippen LogP contribution is -2.37. The molecule has 5 heteroatoms. The molecule has 86 valence electrons. The fourth-order valence-electron chi connectivity index (χ4n) is 1.11. The number of hydrogen-bond acceptors (Lipinski definition) is 5. The summed E-state index contributed by atoms with van der Waals surface area (Å²) in [6, 6.07) is 6.90. The van der Waals surface area contributed by atoms with Crippen molar-refractivity contribution >= 4 is 11.4 Å². The molecule has 1 aromatic rings.